The largest absolute Gasteiger partial charge is 0.417 e. The maximum absolute atomic E-state index is 14.7. The van der Waals surface area contributed by atoms with Crippen molar-refractivity contribution in [3.05, 3.63) is 64.7 Å². The minimum Gasteiger partial charge on any atom is -0.336 e. The molecule has 12 heteroatoms. The summed E-state index contributed by atoms with van der Waals surface area (Å²) in [5.74, 6) is -0.914. The number of aromatic nitrogens is 4. The van der Waals surface area contributed by atoms with Crippen LogP contribution in [0.1, 0.15) is 11.1 Å². The van der Waals surface area contributed by atoms with Gasteiger partial charge in [0.15, 0.2) is 5.65 Å². The van der Waals surface area contributed by atoms with Gasteiger partial charge in [0.1, 0.15) is 11.6 Å². The lowest BCUT2D eigenvalue weighted by atomic mass is 10.1. The summed E-state index contributed by atoms with van der Waals surface area (Å²) in [4.78, 5) is 13.9. The number of hydrogen-bond donors (Lipinski definition) is 1. The van der Waals surface area contributed by atoms with E-state index in [1.807, 2.05) is 0 Å². The number of pyridine rings is 2. The molecule has 0 aliphatic carbocycles. The van der Waals surface area contributed by atoms with Crippen LogP contribution in [0, 0.1) is 5.82 Å². The van der Waals surface area contributed by atoms with Crippen molar-refractivity contribution in [1.82, 2.24) is 19.9 Å². The minimum atomic E-state index is -4.63. The number of imidazole rings is 1. The number of benzene rings is 1. The van der Waals surface area contributed by atoms with Crippen molar-refractivity contribution in [2.75, 3.05) is 0 Å². The van der Waals surface area contributed by atoms with E-state index in [9.17, 15) is 30.7 Å². The minimum absolute atomic E-state index is 0.0410. The lowest BCUT2D eigenvalue weighted by molar-refractivity contribution is -0.138. The summed E-state index contributed by atoms with van der Waals surface area (Å²) in [5.41, 5.74) is -2.17. The molecule has 4 rings (SSSR count). The molecule has 0 spiro atoms. The number of hydrogen-bond acceptors (Lipinski definition) is 3. The Labute approximate surface area is 173 Å². The molecule has 0 saturated carbocycles. The first-order valence-electron chi connectivity index (χ1n) is 8.39. The summed E-state index contributed by atoms with van der Waals surface area (Å²) in [6.45, 7) is 0. The number of halogens is 8. The van der Waals surface area contributed by atoms with Gasteiger partial charge in [0.25, 0.3) is 0 Å². The first-order valence-corrected chi connectivity index (χ1v) is 8.77. The Morgan fingerprint density at radius 1 is 0.839 bits per heavy atom. The molecule has 0 aliphatic heterocycles. The number of alkyl halides is 6. The van der Waals surface area contributed by atoms with Gasteiger partial charge in [0.2, 0.25) is 0 Å². The maximum Gasteiger partial charge on any atom is 0.417 e. The highest BCUT2D eigenvalue weighted by atomic mass is 35.5. The topological polar surface area (TPSA) is 54.5 Å². The Morgan fingerprint density at radius 2 is 1.48 bits per heavy atom. The molecule has 0 fully saturated rings. The number of fused-ring (bicyclic) bond motifs is 1. The van der Waals surface area contributed by atoms with Crippen LogP contribution in [0.15, 0.2) is 42.7 Å². The molecule has 3 heterocycles. The van der Waals surface area contributed by atoms with Crippen LogP contribution in [-0.2, 0) is 12.4 Å². The van der Waals surface area contributed by atoms with E-state index in [4.69, 9.17) is 11.6 Å². The van der Waals surface area contributed by atoms with Gasteiger partial charge in [-0.25, -0.2) is 14.4 Å². The van der Waals surface area contributed by atoms with Crippen molar-refractivity contribution in [3.63, 3.8) is 0 Å². The fourth-order valence-corrected chi connectivity index (χ4v) is 3.12. The fourth-order valence-electron chi connectivity index (χ4n) is 2.84. The monoisotopic (exact) mass is 460 g/mol. The van der Waals surface area contributed by atoms with Gasteiger partial charge in [0.05, 0.1) is 32.9 Å². The van der Waals surface area contributed by atoms with Crippen LogP contribution in [0.5, 0.6) is 0 Å². The van der Waals surface area contributed by atoms with Crippen molar-refractivity contribution in [1.29, 1.82) is 0 Å². The summed E-state index contributed by atoms with van der Waals surface area (Å²) >= 11 is 5.88. The molecule has 0 amide bonds. The quantitative estimate of drug-likeness (QED) is 0.347. The van der Waals surface area contributed by atoms with Crippen molar-refractivity contribution >= 4 is 22.8 Å². The molecule has 3 aromatic heterocycles. The molecule has 4 nitrogen and oxygen atoms in total. The summed E-state index contributed by atoms with van der Waals surface area (Å²) in [5, 5.41) is -0.324. The molecule has 0 atom stereocenters. The average molecular weight is 461 g/mol. The van der Waals surface area contributed by atoms with Gasteiger partial charge in [-0.05, 0) is 24.3 Å². The number of nitrogens with zero attached hydrogens (tertiary/aromatic N) is 3. The van der Waals surface area contributed by atoms with Crippen molar-refractivity contribution in [2.45, 2.75) is 12.4 Å². The smallest absolute Gasteiger partial charge is 0.336 e. The lowest BCUT2D eigenvalue weighted by Gasteiger charge is -2.10. The van der Waals surface area contributed by atoms with Crippen molar-refractivity contribution < 1.29 is 30.7 Å². The Balaban J connectivity index is 1.71. The molecule has 0 bridgehead atoms. The highest BCUT2D eigenvalue weighted by molar-refractivity contribution is 6.33. The molecular weight excluding hydrogens is 453 g/mol. The van der Waals surface area contributed by atoms with E-state index in [0.29, 0.717) is 18.5 Å². The number of H-pyrrole nitrogens is 1. The third kappa shape index (κ3) is 4.05. The maximum atomic E-state index is 14.7. The van der Waals surface area contributed by atoms with Crippen LogP contribution in [0.4, 0.5) is 30.7 Å². The second kappa shape index (κ2) is 7.19. The standard InChI is InChI=1S/C19H8ClF7N4/c20-12-4-9(18(22,23)24)6-28-15(12)8-1-2-11(13(21)3-8)16-30-14-5-10(19(25,26)27)7-29-17(14)31-16/h1-7H,(H,29,30,31). The van der Waals surface area contributed by atoms with Gasteiger partial charge in [0, 0.05) is 18.0 Å². The predicted octanol–water partition coefficient (Wildman–Crippen LogP) is 6.52. The molecule has 31 heavy (non-hydrogen) atoms. The second-order valence-corrected chi connectivity index (χ2v) is 6.83. The van der Waals surface area contributed by atoms with Crippen molar-refractivity contribution in [2.24, 2.45) is 0 Å². The Bertz CT molecular complexity index is 1290. The van der Waals surface area contributed by atoms with Crippen molar-refractivity contribution in [3.8, 4) is 22.6 Å². The van der Waals surface area contributed by atoms with Gasteiger partial charge in [-0.1, -0.05) is 17.7 Å². The van der Waals surface area contributed by atoms with Crippen LogP contribution >= 0.6 is 11.6 Å². The van der Waals surface area contributed by atoms with Gasteiger partial charge in [-0.15, -0.1) is 0 Å². The molecular formula is C19H8ClF7N4. The van der Waals surface area contributed by atoms with Crippen LogP contribution in [0.3, 0.4) is 0 Å². The van der Waals surface area contributed by atoms with E-state index in [0.717, 1.165) is 12.1 Å². The second-order valence-electron chi connectivity index (χ2n) is 6.43. The third-order valence-electron chi connectivity index (χ3n) is 4.33. The molecule has 160 valence electrons. The van der Waals surface area contributed by atoms with Crippen LogP contribution in [-0.4, -0.2) is 19.9 Å². The Kier molecular flexibility index (Phi) is 4.88. The molecule has 0 unspecified atom stereocenters. The molecule has 1 aromatic carbocycles. The van der Waals surface area contributed by atoms with Gasteiger partial charge < -0.3 is 4.98 Å². The molecule has 0 saturated heterocycles. The van der Waals surface area contributed by atoms with Crippen LogP contribution in [0.25, 0.3) is 33.8 Å². The first-order chi connectivity index (χ1) is 14.4. The van der Waals surface area contributed by atoms with E-state index in [1.54, 1.807) is 0 Å². The predicted molar refractivity (Wildman–Crippen MR) is 97.5 cm³/mol. The highest BCUT2D eigenvalue weighted by Gasteiger charge is 2.32. The number of aromatic amines is 1. The Morgan fingerprint density at radius 3 is 2.10 bits per heavy atom. The van der Waals surface area contributed by atoms with E-state index >= 15 is 0 Å². The molecule has 4 aromatic rings. The van der Waals surface area contributed by atoms with E-state index in [1.165, 1.54) is 12.1 Å². The zero-order chi connectivity index (χ0) is 22.6. The first kappa shape index (κ1) is 21.0. The zero-order valence-electron chi connectivity index (χ0n) is 14.9. The molecule has 1 N–H and O–H groups in total. The summed E-state index contributed by atoms with van der Waals surface area (Å²) in [7, 11) is 0. The summed E-state index contributed by atoms with van der Waals surface area (Å²) in [6, 6.07) is 5.07. The van der Waals surface area contributed by atoms with E-state index < -0.39 is 29.3 Å². The SMILES string of the molecule is Fc1cc(-c2ncc(C(F)(F)F)cc2Cl)ccc1-c1nc2ncc(C(F)(F)F)cc2[nH]1. The average Bonchev–Trinajstić information content (AvgIpc) is 3.09. The van der Waals surface area contributed by atoms with Gasteiger partial charge in [-0.3, -0.25) is 4.98 Å². The number of rotatable bonds is 2. The number of nitrogens with one attached hydrogen (secondary N) is 1. The molecule has 0 radical (unpaired) electrons. The highest BCUT2D eigenvalue weighted by Crippen LogP contribution is 2.35. The van der Waals surface area contributed by atoms with Gasteiger partial charge in [-0.2, -0.15) is 26.3 Å². The zero-order valence-corrected chi connectivity index (χ0v) is 15.7. The third-order valence-corrected chi connectivity index (χ3v) is 4.62. The van der Waals surface area contributed by atoms with E-state index in [-0.39, 0.29) is 38.8 Å². The summed E-state index contributed by atoms with van der Waals surface area (Å²) in [6.07, 6.45) is -8.04. The van der Waals surface area contributed by atoms with Crippen LogP contribution < -0.4 is 0 Å². The van der Waals surface area contributed by atoms with Gasteiger partial charge >= 0.3 is 12.4 Å². The summed E-state index contributed by atoms with van der Waals surface area (Å²) < 4.78 is 91.4. The lowest BCUT2D eigenvalue weighted by Crippen LogP contribution is -2.05. The Hall–Kier alpha value is -3.21. The van der Waals surface area contributed by atoms with E-state index in [2.05, 4.69) is 19.9 Å². The fraction of sp³-hybridized carbons (Fsp3) is 0.105. The molecule has 0 aliphatic rings. The normalized spacial score (nSPS) is 12.5. The van der Waals surface area contributed by atoms with Crippen LogP contribution in [0.2, 0.25) is 5.02 Å².